The van der Waals surface area contributed by atoms with Crippen molar-refractivity contribution >= 4 is 5.97 Å². The largest absolute Gasteiger partial charge is 0.488 e. The van der Waals surface area contributed by atoms with Crippen LogP contribution in [0.1, 0.15) is 15.9 Å². The van der Waals surface area contributed by atoms with E-state index in [1.165, 1.54) is 7.11 Å². The average molecular weight is 240 g/mol. The van der Waals surface area contributed by atoms with Crippen molar-refractivity contribution in [2.75, 3.05) is 7.11 Å². The van der Waals surface area contributed by atoms with Crippen molar-refractivity contribution in [1.82, 2.24) is 0 Å². The maximum atomic E-state index is 11.5. The van der Waals surface area contributed by atoms with Crippen LogP contribution in [0.5, 0.6) is 5.75 Å². The summed E-state index contributed by atoms with van der Waals surface area (Å²) in [6, 6.07) is 13.5. The molecule has 2 aromatic rings. The van der Waals surface area contributed by atoms with Crippen molar-refractivity contribution in [2.45, 2.75) is 6.61 Å². The summed E-state index contributed by atoms with van der Waals surface area (Å²) >= 11 is 0. The molecule has 0 atom stereocenters. The first-order chi connectivity index (χ1) is 8.79. The molecule has 1 aliphatic rings. The minimum absolute atomic E-state index is 0.347. The molecule has 0 N–H and O–H groups in total. The molecule has 0 amide bonds. The van der Waals surface area contributed by atoms with E-state index < -0.39 is 0 Å². The minimum atomic E-state index is -0.347. The molecule has 1 heterocycles. The molecule has 0 fully saturated rings. The zero-order valence-electron chi connectivity index (χ0n) is 9.97. The molecule has 0 aromatic heterocycles. The lowest BCUT2D eigenvalue weighted by molar-refractivity contribution is 0.0600. The molecule has 18 heavy (non-hydrogen) atoms. The molecule has 3 rings (SSSR count). The number of fused-ring (bicyclic) bond motifs is 3. The topological polar surface area (TPSA) is 35.5 Å². The molecular weight excluding hydrogens is 228 g/mol. The van der Waals surface area contributed by atoms with Crippen LogP contribution in [0, 0.1) is 0 Å². The lowest BCUT2D eigenvalue weighted by Crippen LogP contribution is -2.07. The van der Waals surface area contributed by atoms with Crippen molar-refractivity contribution in [2.24, 2.45) is 0 Å². The fourth-order valence-corrected chi connectivity index (χ4v) is 2.17. The third kappa shape index (κ3) is 1.64. The summed E-state index contributed by atoms with van der Waals surface area (Å²) in [6.45, 7) is 0.536. The van der Waals surface area contributed by atoms with Crippen molar-refractivity contribution < 1.29 is 14.3 Å². The Labute approximate surface area is 105 Å². The van der Waals surface area contributed by atoms with Gasteiger partial charge in [-0.15, -0.1) is 0 Å². The van der Waals surface area contributed by atoms with E-state index in [-0.39, 0.29) is 5.97 Å². The molecule has 3 nitrogen and oxygen atoms in total. The molecular formula is C15H12O3. The van der Waals surface area contributed by atoms with E-state index in [0.29, 0.717) is 12.2 Å². The monoisotopic (exact) mass is 240 g/mol. The number of methoxy groups -OCH3 is 1. The fourth-order valence-electron chi connectivity index (χ4n) is 2.17. The van der Waals surface area contributed by atoms with E-state index in [4.69, 9.17) is 9.47 Å². The Balaban J connectivity index is 2.11. The number of hydrogen-bond acceptors (Lipinski definition) is 3. The fraction of sp³-hybridized carbons (Fsp3) is 0.133. The van der Waals surface area contributed by atoms with Gasteiger partial charge in [-0.05, 0) is 29.3 Å². The van der Waals surface area contributed by atoms with Gasteiger partial charge in [0.05, 0.1) is 12.7 Å². The van der Waals surface area contributed by atoms with Crippen LogP contribution >= 0.6 is 0 Å². The third-order valence-electron chi connectivity index (χ3n) is 3.09. The van der Waals surface area contributed by atoms with Crippen LogP contribution in [-0.2, 0) is 11.3 Å². The summed E-state index contributed by atoms with van der Waals surface area (Å²) in [4.78, 5) is 11.5. The Morgan fingerprint density at radius 1 is 1.17 bits per heavy atom. The number of rotatable bonds is 1. The lowest BCUT2D eigenvalue weighted by atomic mass is 9.96. The standard InChI is InChI=1S/C15H12O3/c1-17-15(16)10-6-7-13-12-5-3-2-4-11(12)9-18-14(13)8-10/h2-8H,9H2,1H3. The molecule has 0 aliphatic carbocycles. The van der Waals surface area contributed by atoms with Crippen LogP contribution in [0.4, 0.5) is 0 Å². The highest BCUT2D eigenvalue weighted by Crippen LogP contribution is 2.37. The van der Waals surface area contributed by atoms with Crippen LogP contribution in [0.15, 0.2) is 42.5 Å². The molecule has 0 saturated heterocycles. The highest BCUT2D eigenvalue weighted by atomic mass is 16.5. The van der Waals surface area contributed by atoms with Crippen LogP contribution in [0.25, 0.3) is 11.1 Å². The number of esters is 1. The second kappa shape index (κ2) is 4.18. The van der Waals surface area contributed by atoms with Gasteiger partial charge in [0, 0.05) is 5.56 Å². The summed E-state index contributed by atoms with van der Waals surface area (Å²) in [5.74, 6) is 0.386. The number of carbonyl (C=O) groups excluding carboxylic acids is 1. The first kappa shape index (κ1) is 10.8. The Kier molecular flexibility index (Phi) is 2.52. The predicted molar refractivity (Wildman–Crippen MR) is 67.5 cm³/mol. The van der Waals surface area contributed by atoms with E-state index in [1.54, 1.807) is 12.1 Å². The maximum absolute atomic E-state index is 11.5. The zero-order valence-corrected chi connectivity index (χ0v) is 9.97. The summed E-state index contributed by atoms with van der Waals surface area (Å²) < 4.78 is 10.4. The molecule has 3 heteroatoms. The zero-order chi connectivity index (χ0) is 12.5. The summed E-state index contributed by atoms with van der Waals surface area (Å²) in [5.41, 5.74) is 3.85. The summed E-state index contributed by atoms with van der Waals surface area (Å²) in [6.07, 6.45) is 0. The molecule has 1 aliphatic heterocycles. The summed E-state index contributed by atoms with van der Waals surface area (Å²) in [5, 5.41) is 0. The predicted octanol–water partition coefficient (Wildman–Crippen LogP) is 3.03. The highest BCUT2D eigenvalue weighted by molar-refractivity contribution is 5.91. The van der Waals surface area contributed by atoms with Crippen molar-refractivity contribution in [3.8, 4) is 16.9 Å². The third-order valence-corrected chi connectivity index (χ3v) is 3.09. The van der Waals surface area contributed by atoms with Gasteiger partial charge in [0.2, 0.25) is 0 Å². The maximum Gasteiger partial charge on any atom is 0.337 e. The Morgan fingerprint density at radius 2 is 2.00 bits per heavy atom. The SMILES string of the molecule is COC(=O)c1ccc2c(c1)OCc1ccccc1-2. The number of carbonyl (C=O) groups is 1. The molecule has 2 aromatic carbocycles. The van der Waals surface area contributed by atoms with Gasteiger partial charge in [0.15, 0.2) is 0 Å². The van der Waals surface area contributed by atoms with Gasteiger partial charge in [-0.1, -0.05) is 24.3 Å². The highest BCUT2D eigenvalue weighted by Gasteiger charge is 2.18. The number of ether oxygens (including phenoxy) is 2. The van der Waals surface area contributed by atoms with Gasteiger partial charge < -0.3 is 9.47 Å². The number of benzene rings is 2. The molecule has 0 unspecified atom stereocenters. The van der Waals surface area contributed by atoms with Crippen molar-refractivity contribution in [3.63, 3.8) is 0 Å². The lowest BCUT2D eigenvalue weighted by Gasteiger charge is -2.21. The second-order valence-corrected chi connectivity index (χ2v) is 4.15. The molecule has 0 saturated carbocycles. The minimum Gasteiger partial charge on any atom is -0.488 e. The smallest absolute Gasteiger partial charge is 0.337 e. The van der Waals surface area contributed by atoms with Crippen molar-refractivity contribution in [3.05, 3.63) is 53.6 Å². The number of hydrogen-bond donors (Lipinski definition) is 0. The quantitative estimate of drug-likeness (QED) is 0.719. The molecule has 0 radical (unpaired) electrons. The average Bonchev–Trinajstić information content (AvgIpc) is 2.45. The normalized spacial score (nSPS) is 12.1. The van der Waals surface area contributed by atoms with Crippen molar-refractivity contribution in [1.29, 1.82) is 0 Å². The Morgan fingerprint density at radius 3 is 2.83 bits per heavy atom. The Bertz CT molecular complexity index is 617. The van der Waals surface area contributed by atoms with Gasteiger partial charge in [0.25, 0.3) is 0 Å². The molecule has 90 valence electrons. The second-order valence-electron chi connectivity index (χ2n) is 4.15. The first-order valence-corrected chi connectivity index (χ1v) is 5.73. The van der Waals surface area contributed by atoms with E-state index in [0.717, 1.165) is 22.4 Å². The van der Waals surface area contributed by atoms with E-state index in [9.17, 15) is 4.79 Å². The van der Waals surface area contributed by atoms with Gasteiger partial charge in [-0.3, -0.25) is 0 Å². The van der Waals surface area contributed by atoms with Crippen LogP contribution in [-0.4, -0.2) is 13.1 Å². The van der Waals surface area contributed by atoms with E-state index >= 15 is 0 Å². The van der Waals surface area contributed by atoms with E-state index in [2.05, 4.69) is 6.07 Å². The van der Waals surface area contributed by atoms with Gasteiger partial charge in [-0.2, -0.15) is 0 Å². The van der Waals surface area contributed by atoms with Crippen LogP contribution in [0.2, 0.25) is 0 Å². The van der Waals surface area contributed by atoms with E-state index in [1.807, 2.05) is 24.3 Å². The van der Waals surface area contributed by atoms with Crippen LogP contribution in [0.3, 0.4) is 0 Å². The van der Waals surface area contributed by atoms with Crippen LogP contribution < -0.4 is 4.74 Å². The Hall–Kier alpha value is -2.29. The first-order valence-electron chi connectivity index (χ1n) is 5.73. The van der Waals surface area contributed by atoms with Gasteiger partial charge in [-0.25, -0.2) is 4.79 Å². The van der Waals surface area contributed by atoms with Gasteiger partial charge >= 0.3 is 5.97 Å². The molecule has 0 spiro atoms. The van der Waals surface area contributed by atoms with Gasteiger partial charge in [0.1, 0.15) is 12.4 Å². The summed E-state index contributed by atoms with van der Waals surface area (Å²) in [7, 11) is 1.37. The molecule has 0 bridgehead atoms.